The fourth-order valence-corrected chi connectivity index (χ4v) is 4.15. The molecule has 0 spiro atoms. The van der Waals surface area contributed by atoms with Crippen molar-refractivity contribution >= 4 is 17.3 Å². The molecule has 3 atom stereocenters. The molecule has 3 rings (SSSR count). The van der Waals surface area contributed by atoms with E-state index in [2.05, 4.69) is 25.8 Å². The number of ether oxygens (including phenoxy) is 1. The van der Waals surface area contributed by atoms with E-state index in [1.807, 2.05) is 0 Å². The Balaban J connectivity index is 1.86. The SMILES string of the molecule is CC1(C)C2CCC1(C)C(Oc1ncc(Cl)cc1N)C2. The Morgan fingerprint density at radius 1 is 1.42 bits per heavy atom. The minimum atomic E-state index is 0.206. The van der Waals surface area contributed by atoms with Crippen LogP contribution in [0.2, 0.25) is 5.02 Å². The van der Waals surface area contributed by atoms with E-state index in [0.717, 1.165) is 12.3 Å². The van der Waals surface area contributed by atoms with Crippen molar-refractivity contribution in [3.05, 3.63) is 17.3 Å². The second kappa shape index (κ2) is 4.02. The fraction of sp³-hybridized carbons (Fsp3) is 0.667. The summed E-state index contributed by atoms with van der Waals surface area (Å²) in [5.41, 5.74) is 7.01. The molecule has 1 aromatic heterocycles. The Morgan fingerprint density at radius 2 is 2.16 bits per heavy atom. The molecule has 2 fully saturated rings. The summed E-state index contributed by atoms with van der Waals surface area (Å²) in [4.78, 5) is 4.22. The van der Waals surface area contributed by atoms with Crippen LogP contribution in [0.15, 0.2) is 12.3 Å². The van der Waals surface area contributed by atoms with Gasteiger partial charge in [0.15, 0.2) is 0 Å². The maximum absolute atomic E-state index is 6.14. The first-order valence-corrected chi connectivity index (χ1v) is 7.30. The molecule has 104 valence electrons. The summed E-state index contributed by atoms with van der Waals surface area (Å²) in [7, 11) is 0. The maximum Gasteiger partial charge on any atom is 0.237 e. The molecule has 2 saturated carbocycles. The number of aromatic nitrogens is 1. The van der Waals surface area contributed by atoms with Gasteiger partial charge >= 0.3 is 0 Å². The molecule has 2 aliphatic carbocycles. The number of hydrogen-bond donors (Lipinski definition) is 1. The van der Waals surface area contributed by atoms with Gasteiger partial charge in [-0.1, -0.05) is 32.4 Å². The van der Waals surface area contributed by atoms with E-state index < -0.39 is 0 Å². The Morgan fingerprint density at radius 3 is 2.68 bits per heavy atom. The number of nitrogen functional groups attached to an aromatic ring is 1. The van der Waals surface area contributed by atoms with Crippen molar-refractivity contribution in [1.29, 1.82) is 0 Å². The molecule has 3 unspecified atom stereocenters. The average molecular weight is 281 g/mol. The lowest BCUT2D eigenvalue weighted by Crippen LogP contribution is -2.39. The van der Waals surface area contributed by atoms with E-state index in [0.29, 0.717) is 22.0 Å². The zero-order valence-electron chi connectivity index (χ0n) is 11.7. The number of nitrogens with two attached hydrogens (primary N) is 1. The smallest absolute Gasteiger partial charge is 0.237 e. The van der Waals surface area contributed by atoms with Gasteiger partial charge in [0.1, 0.15) is 6.10 Å². The van der Waals surface area contributed by atoms with Crippen LogP contribution >= 0.6 is 11.6 Å². The van der Waals surface area contributed by atoms with Gasteiger partial charge in [-0.15, -0.1) is 0 Å². The molecule has 1 aromatic rings. The Bertz CT molecular complexity index is 517. The molecule has 0 saturated heterocycles. The third kappa shape index (κ3) is 1.74. The molecule has 0 amide bonds. The highest BCUT2D eigenvalue weighted by molar-refractivity contribution is 6.30. The molecule has 4 heteroatoms. The number of nitrogens with zero attached hydrogens (tertiary/aromatic N) is 1. The first-order valence-electron chi connectivity index (χ1n) is 6.92. The molecule has 0 radical (unpaired) electrons. The zero-order chi connectivity index (χ0) is 13.8. The van der Waals surface area contributed by atoms with E-state index in [-0.39, 0.29) is 11.5 Å². The lowest BCUT2D eigenvalue weighted by Gasteiger charge is -2.38. The van der Waals surface area contributed by atoms with Crippen LogP contribution in [-0.4, -0.2) is 11.1 Å². The van der Waals surface area contributed by atoms with Gasteiger partial charge in [-0.2, -0.15) is 0 Å². The number of halogens is 1. The average Bonchev–Trinajstić information content (AvgIpc) is 2.65. The molecule has 1 heterocycles. The van der Waals surface area contributed by atoms with Crippen LogP contribution in [0.3, 0.4) is 0 Å². The highest BCUT2D eigenvalue weighted by atomic mass is 35.5. The van der Waals surface area contributed by atoms with E-state index in [1.165, 1.54) is 12.8 Å². The van der Waals surface area contributed by atoms with Gasteiger partial charge in [0, 0.05) is 11.6 Å². The van der Waals surface area contributed by atoms with Gasteiger partial charge < -0.3 is 10.5 Å². The quantitative estimate of drug-likeness (QED) is 0.893. The minimum Gasteiger partial charge on any atom is -0.472 e. The predicted octanol–water partition coefficient (Wildman–Crippen LogP) is 3.91. The standard InChI is InChI=1S/C15H21ClN2O/c1-14(2)9-4-5-15(14,3)12(6-9)19-13-11(17)7-10(16)8-18-13/h7-9,12H,4-6,17H2,1-3H3. The minimum absolute atomic E-state index is 0.206. The van der Waals surface area contributed by atoms with E-state index in [1.54, 1.807) is 12.3 Å². The lowest BCUT2D eigenvalue weighted by atomic mass is 9.70. The van der Waals surface area contributed by atoms with Crippen LogP contribution in [0.5, 0.6) is 5.88 Å². The molecule has 3 nitrogen and oxygen atoms in total. The predicted molar refractivity (Wildman–Crippen MR) is 77.3 cm³/mol. The van der Waals surface area contributed by atoms with Gasteiger partial charge in [0.2, 0.25) is 5.88 Å². The number of hydrogen-bond acceptors (Lipinski definition) is 3. The molecular formula is C15H21ClN2O. The second-order valence-corrected chi connectivity index (χ2v) is 7.20. The van der Waals surface area contributed by atoms with E-state index >= 15 is 0 Å². The number of anilines is 1. The molecule has 0 aromatic carbocycles. The molecule has 2 aliphatic rings. The van der Waals surface area contributed by atoms with Crippen molar-refractivity contribution in [2.45, 2.75) is 46.1 Å². The Labute approximate surface area is 119 Å². The Kier molecular flexibility index (Phi) is 2.76. The number of pyridine rings is 1. The largest absolute Gasteiger partial charge is 0.472 e. The highest BCUT2D eigenvalue weighted by Gasteiger charge is 2.62. The summed E-state index contributed by atoms with van der Waals surface area (Å²) in [6.07, 6.45) is 5.44. The van der Waals surface area contributed by atoms with Gasteiger partial charge in [0.05, 0.1) is 10.7 Å². The normalized spacial score (nSPS) is 35.6. The molecule has 0 aliphatic heterocycles. The second-order valence-electron chi connectivity index (χ2n) is 6.76. The van der Waals surface area contributed by atoms with E-state index in [9.17, 15) is 0 Å². The van der Waals surface area contributed by atoms with Crippen LogP contribution in [0.4, 0.5) is 5.69 Å². The van der Waals surface area contributed by atoms with Crippen molar-refractivity contribution in [3.8, 4) is 5.88 Å². The number of fused-ring (bicyclic) bond motifs is 2. The third-order valence-corrected chi connectivity index (χ3v) is 6.02. The van der Waals surface area contributed by atoms with Crippen LogP contribution in [0.25, 0.3) is 0 Å². The van der Waals surface area contributed by atoms with Crippen molar-refractivity contribution in [1.82, 2.24) is 4.98 Å². The van der Waals surface area contributed by atoms with Gasteiger partial charge in [-0.05, 0) is 36.7 Å². The van der Waals surface area contributed by atoms with Crippen molar-refractivity contribution < 1.29 is 4.74 Å². The van der Waals surface area contributed by atoms with Crippen LogP contribution < -0.4 is 10.5 Å². The topological polar surface area (TPSA) is 48.1 Å². The summed E-state index contributed by atoms with van der Waals surface area (Å²) in [6, 6.07) is 1.70. The third-order valence-electron chi connectivity index (χ3n) is 5.81. The van der Waals surface area contributed by atoms with Gasteiger partial charge in [-0.3, -0.25) is 0 Å². The summed E-state index contributed by atoms with van der Waals surface area (Å²) in [5, 5.41) is 0.546. The molecule has 2 N–H and O–H groups in total. The first-order chi connectivity index (χ1) is 8.84. The molecular weight excluding hydrogens is 260 g/mol. The van der Waals surface area contributed by atoms with Crippen LogP contribution in [0.1, 0.15) is 40.0 Å². The highest BCUT2D eigenvalue weighted by Crippen LogP contribution is 2.66. The van der Waals surface area contributed by atoms with E-state index in [4.69, 9.17) is 22.1 Å². The van der Waals surface area contributed by atoms with Crippen molar-refractivity contribution in [2.75, 3.05) is 5.73 Å². The van der Waals surface area contributed by atoms with Crippen LogP contribution in [0, 0.1) is 16.7 Å². The van der Waals surface area contributed by atoms with Crippen LogP contribution in [-0.2, 0) is 0 Å². The summed E-state index contributed by atoms with van der Waals surface area (Å²) in [6.45, 7) is 7.08. The fourth-order valence-electron chi connectivity index (χ4n) is 3.98. The summed E-state index contributed by atoms with van der Waals surface area (Å²) >= 11 is 5.87. The molecule has 2 bridgehead atoms. The Hall–Kier alpha value is -0.960. The van der Waals surface area contributed by atoms with Gasteiger partial charge in [-0.25, -0.2) is 4.98 Å². The lowest BCUT2D eigenvalue weighted by molar-refractivity contribution is 0.0278. The first kappa shape index (κ1) is 13.0. The monoisotopic (exact) mass is 280 g/mol. The van der Waals surface area contributed by atoms with Gasteiger partial charge in [0.25, 0.3) is 0 Å². The maximum atomic E-state index is 6.14. The van der Waals surface area contributed by atoms with Crippen molar-refractivity contribution in [3.63, 3.8) is 0 Å². The number of rotatable bonds is 2. The van der Waals surface area contributed by atoms with Crippen molar-refractivity contribution in [2.24, 2.45) is 16.7 Å². The summed E-state index contributed by atoms with van der Waals surface area (Å²) in [5.74, 6) is 1.27. The summed E-state index contributed by atoms with van der Waals surface area (Å²) < 4.78 is 6.14. The zero-order valence-corrected chi connectivity index (χ0v) is 12.5. The molecule has 19 heavy (non-hydrogen) atoms.